The molecule has 2 aliphatic carbocycles. The van der Waals surface area contributed by atoms with Crippen LogP contribution in [0.4, 0.5) is 11.4 Å². The number of imide groups is 2. The molecule has 2 N–H and O–H groups in total. The van der Waals surface area contributed by atoms with Gasteiger partial charge in [-0.2, -0.15) is 5.01 Å². The van der Waals surface area contributed by atoms with Gasteiger partial charge in [-0.15, -0.1) is 0 Å². The van der Waals surface area contributed by atoms with Gasteiger partial charge < -0.3 is 19.3 Å². The fraction of sp³-hybridized carbons (Fsp3) is 0.256. The second kappa shape index (κ2) is 14.1. The summed E-state index contributed by atoms with van der Waals surface area (Å²) in [5, 5.41) is 12.3. The van der Waals surface area contributed by atoms with Crippen LogP contribution in [0.5, 0.6) is 23.0 Å². The highest BCUT2D eigenvalue weighted by atomic mass is 35.5. The number of benzene rings is 4. The molecule has 2 saturated heterocycles. The highest BCUT2D eigenvalue weighted by Crippen LogP contribution is 2.66. The molecule has 0 spiro atoms. The molecule has 6 unspecified atom stereocenters. The second-order valence-corrected chi connectivity index (χ2v) is 15.1. The summed E-state index contributed by atoms with van der Waals surface area (Å²) in [5.41, 5.74) is 4.42. The molecule has 2 aliphatic heterocycles. The molecule has 4 amide bonds. The van der Waals surface area contributed by atoms with Crippen LogP contribution in [0.1, 0.15) is 35.4 Å². The molecule has 0 bridgehead atoms. The molecule has 4 aromatic rings. The fourth-order valence-electron chi connectivity index (χ4n) is 9.38. The van der Waals surface area contributed by atoms with Crippen LogP contribution in [0.2, 0.25) is 10.0 Å². The molecule has 56 heavy (non-hydrogen) atoms. The zero-order valence-corrected chi connectivity index (χ0v) is 32.1. The van der Waals surface area contributed by atoms with E-state index in [1.165, 1.54) is 44.4 Å². The summed E-state index contributed by atoms with van der Waals surface area (Å²) in [6.07, 6.45) is 3.87. The number of halogens is 2. The number of nitrogens with zero attached hydrogens (tertiary/aromatic N) is 2. The maximum Gasteiger partial charge on any atom is 0.260 e. The van der Waals surface area contributed by atoms with Crippen LogP contribution >= 0.6 is 23.2 Å². The van der Waals surface area contributed by atoms with Gasteiger partial charge in [-0.3, -0.25) is 29.5 Å². The van der Waals surface area contributed by atoms with Gasteiger partial charge in [0.1, 0.15) is 23.0 Å². The molecule has 11 nitrogen and oxygen atoms in total. The first kappa shape index (κ1) is 37.2. The molecule has 286 valence electrons. The topological polar surface area (TPSA) is 135 Å². The van der Waals surface area contributed by atoms with Crippen LogP contribution in [0, 0.1) is 23.7 Å². The van der Waals surface area contributed by atoms with Crippen LogP contribution in [-0.4, -0.2) is 55.1 Å². The van der Waals surface area contributed by atoms with Crippen molar-refractivity contribution in [1.29, 1.82) is 0 Å². The number of fused-ring (bicyclic) bond motifs is 4. The predicted molar refractivity (Wildman–Crippen MR) is 211 cm³/mol. The number of phenolic OH excluding ortho intramolecular Hbond substituents is 1. The van der Waals surface area contributed by atoms with Gasteiger partial charge in [-0.1, -0.05) is 71.8 Å². The van der Waals surface area contributed by atoms with Crippen molar-refractivity contribution in [2.45, 2.75) is 24.2 Å². The lowest BCUT2D eigenvalue weighted by molar-refractivity contribution is -0.138. The summed E-state index contributed by atoms with van der Waals surface area (Å²) >= 11 is 12.8. The Morgan fingerprint density at radius 1 is 0.839 bits per heavy atom. The van der Waals surface area contributed by atoms with Gasteiger partial charge in [-0.05, 0) is 72.4 Å². The molecule has 1 saturated carbocycles. The van der Waals surface area contributed by atoms with E-state index in [1.54, 1.807) is 66.7 Å². The number of aromatic hydroxyl groups is 1. The number of allylic oxidation sites excluding steroid dienone is 2. The third-order valence-corrected chi connectivity index (χ3v) is 12.3. The van der Waals surface area contributed by atoms with E-state index in [9.17, 15) is 14.7 Å². The first-order valence-corrected chi connectivity index (χ1v) is 18.7. The number of carbonyl (C=O) groups excluding carboxylic acids is 4. The van der Waals surface area contributed by atoms with E-state index < -0.39 is 46.8 Å². The van der Waals surface area contributed by atoms with Gasteiger partial charge >= 0.3 is 0 Å². The average molecular weight is 795 g/mol. The van der Waals surface area contributed by atoms with Gasteiger partial charge in [0.15, 0.2) is 0 Å². The molecular weight excluding hydrogens is 757 g/mol. The summed E-state index contributed by atoms with van der Waals surface area (Å²) < 4.78 is 17.3. The van der Waals surface area contributed by atoms with Gasteiger partial charge in [0.25, 0.3) is 11.8 Å². The van der Waals surface area contributed by atoms with E-state index in [4.69, 9.17) is 37.4 Å². The number of hydrogen-bond donors (Lipinski definition) is 2. The summed E-state index contributed by atoms with van der Waals surface area (Å²) in [6, 6.07) is 21.5. The van der Waals surface area contributed by atoms with Crippen molar-refractivity contribution in [3.63, 3.8) is 0 Å². The van der Waals surface area contributed by atoms with Crippen molar-refractivity contribution in [3.05, 3.63) is 124 Å². The summed E-state index contributed by atoms with van der Waals surface area (Å²) in [4.78, 5) is 60.8. The Labute approximate surface area is 333 Å². The molecule has 4 aromatic carbocycles. The minimum atomic E-state index is -1.67. The van der Waals surface area contributed by atoms with E-state index >= 15 is 9.59 Å². The van der Waals surface area contributed by atoms with Crippen molar-refractivity contribution >= 4 is 64.3 Å². The minimum absolute atomic E-state index is 0.0532. The SMILES string of the molecule is C=Cc1ccc(N2C(=O)C3CC=C4C(CC5C(=O)N(Nc6ccc(Cl)cc6Cl)C(=O)C5(c5ccc(OC)cc5)C4c4c(OC)cc(O)cc4OC)C3C2=O)cc1. The fourth-order valence-corrected chi connectivity index (χ4v) is 9.83. The van der Waals surface area contributed by atoms with E-state index in [0.29, 0.717) is 33.2 Å². The lowest BCUT2D eigenvalue weighted by Gasteiger charge is -2.51. The highest BCUT2D eigenvalue weighted by molar-refractivity contribution is 6.36. The smallest absolute Gasteiger partial charge is 0.260 e. The molecule has 3 fully saturated rings. The molecule has 6 atom stereocenters. The van der Waals surface area contributed by atoms with Crippen LogP contribution in [0.25, 0.3) is 6.08 Å². The number of amides is 4. The van der Waals surface area contributed by atoms with Crippen LogP contribution in [0.15, 0.2) is 97.1 Å². The Kier molecular flexibility index (Phi) is 9.33. The predicted octanol–water partition coefficient (Wildman–Crippen LogP) is 7.56. The zero-order chi connectivity index (χ0) is 39.6. The number of hydrogen-bond acceptors (Lipinski definition) is 9. The molecular formula is C43H37Cl2N3O8. The molecule has 4 aliphatic rings. The zero-order valence-electron chi connectivity index (χ0n) is 30.6. The number of carbonyl (C=O) groups is 4. The van der Waals surface area contributed by atoms with Gasteiger partial charge in [0, 0.05) is 28.6 Å². The lowest BCUT2D eigenvalue weighted by Crippen LogP contribution is -2.53. The number of hydrazine groups is 1. The maximum atomic E-state index is 15.6. The molecule has 0 aromatic heterocycles. The summed E-state index contributed by atoms with van der Waals surface area (Å²) in [6.45, 7) is 3.80. The van der Waals surface area contributed by atoms with Crippen molar-refractivity contribution < 1.29 is 38.5 Å². The van der Waals surface area contributed by atoms with Crippen LogP contribution in [0.3, 0.4) is 0 Å². The van der Waals surface area contributed by atoms with Crippen molar-refractivity contribution in [3.8, 4) is 23.0 Å². The molecule has 13 heteroatoms. The first-order chi connectivity index (χ1) is 27.0. The van der Waals surface area contributed by atoms with Gasteiger partial charge in [0.05, 0.1) is 60.9 Å². The summed E-state index contributed by atoms with van der Waals surface area (Å²) in [7, 11) is 4.41. The number of rotatable bonds is 9. The van der Waals surface area contributed by atoms with Crippen LogP contribution in [-0.2, 0) is 24.6 Å². The van der Waals surface area contributed by atoms with E-state index in [1.807, 2.05) is 6.08 Å². The Balaban J connectivity index is 1.37. The van der Waals surface area contributed by atoms with Crippen molar-refractivity contribution in [1.82, 2.24) is 5.01 Å². The molecule has 0 radical (unpaired) electrons. The van der Waals surface area contributed by atoms with Crippen LogP contribution < -0.4 is 24.5 Å². The number of ether oxygens (including phenoxy) is 3. The lowest BCUT2D eigenvalue weighted by atomic mass is 9.49. The van der Waals surface area contributed by atoms with Crippen molar-refractivity contribution in [2.24, 2.45) is 23.7 Å². The standard InChI is InChI=1S/C43H37Cl2N3O8/c1-5-22-6-11-25(12-7-22)47-39(50)29-16-15-28-30(36(29)41(47)52)21-31-40(51)48(46-33-17-10-24(44)18-32(33)45)42(53)43(31,23-8-13-27(54-2)14-9-23)38(28)37-34(55-3)19-26(49)20-35(37)56-4/h5-15,17-20,29-31,36,38,46,49H,1,16,21H2,2-4H3. The summed E-state index contributed by atoms with van der Waals surface area (Å²) in [5.74, 6) is -5.39. The Hall–Kier alpha value is -5.78. The highest BCUT2D eigenvalue weighted by Gasteiger charge is 2.71. The number of phenols is 1. The average Bonchev–Trinajstić information content (AvgIpc) is 3.59. The van der Waals surface area contributed by atoms with Gasteiger partial charge in [0.2, 0.25) is 11.8 Å². The van der Waals surface area contributed by atoms with E-state index in [0.717, 1.165) is 10.6 Å². The quantitative estimate of drug-likeness (QED) is 0.130. The van der Waals surface area contributed by atoms with Gasteiger partial charge in [-0.25, -0.2) is 0 Å². The Morgan fingerprint density at radius 2 is 1.52 bits per heavy atom. The second-order valence-electron chi connectivity index (χ2n) is 14.3. The normalized spacial score (nSPS) is 25.3. The number of anilines is 2. The van der Waals surface area contributed by atoms with E-state index in [-0.39, 0.29) is 52.6 Å². The van der Waals surface area contributed by atoms with E-state index in [2.05, 4.69) is 12.0 Å². The Bertz CT molecular complexity index is 2320. The number of methoxy groups -OCH3 is 3. The first-order valence-electron chi connectivity index (χ1n) is 18.0. The monoisotopic (exact) mass is 793 g/mol. The minimum Gasteiger partial charge on any atom is -0.508 e. The third-order valence-electron chi connectivity index (χ3n) is 11.8. The maximum absolute atomic E-state index is 15.6. The molecule has 2 heterocycles. The largest absolute Gasteiger partial charge is 0.508 e. The third kappa shape index (κ3) is 5.47. The molecule has 8 rings (SSSR count). The van der Waals surface area contributed by atoms with Crippen molar-refractivity contribution in [2.75, 3.05) is 31.7 Å². The number of nitrogens with one attached hydrogen (secondary N) is 1. The Morgan fingerprint density at radius 3 is 2.12 bits per heavy atom.